The van der Waals surface area contributed by atoms with Crippen LogP contribution >= 0.6 is 0 Å². The molecule has 3 aromatic rings. The lowest BCUT2D eigenvalue weighted by molar-refractivity contribution is 0.0947. The SMILES string of the molecule is COc1ccccc1-n1nc(C(=O)N/N=C/c2ccccc2O)c(C)c(C#N)c1=O. The summed E-state index contributed by atoms with van der Waals surface area (Å²) in [6, 6.07) is 14.9. The highest BCUT2D eigenvalue weighted by atomic mass is 16.5. The second-order valence-corrected chi connectivity index (χ2v) is 6.11. The Morgan fingerprint density at radius 1 is 1.27 bits per heavy atom. The number of benzene rings is 2. The molecule has 0 aliphatic rings. The van der Waals surface area contributed by atoms with Crippen LogP contribution in [0.1, 0.15) is 27.2 Å². The van der Waals surface area contributed by atoms with Gasteiger partial charge in [-0.15, -0.1) is 0 Å². The van der Waals surface area contributed by atoms with E-state index in [2.05, 4.69) is 15.6 Å². The van der Waals surface area contributed by atoms with E-state index in [1.54, 1.807) is 42.5 Å². The number of phenols is 1. The fourth-order valence-electron chi connectivity index (χ4n) is 2.73. The summed E-state index contributed by atoms with van der Waals surface area (Å²) in [7, 11) is 1.44. The standard InChI is InChI=1S/C21H17N5O4/c1-13-15(11-22)21(29)26(16-8-4-6-10-18(16)30-2)25-19(13)20(28)24-23-12-14-7-3-5-9-17(14)27/h3-10,12,27H,1-2H3,(H,24,28)/b23-12+. The molecule has 0 bridgehead atoms. The third kappa shape index (κ3) is 3.88. The molecule has 0 saturated heterocycles. The number of para-hydroxylation sites is 3. The molecule has 0 atom stereocenters. The van der Waals surface area contributed by atoms with Gasteiger partial charge in [0, 0.05) is 11.1 Å². The maximum Gasteiger partial charge on any atom is 0.292 e. The monoisotopic (exact) mass is 403 g/mol. The summed E-state index contributed by atoms with van der Waals surface area (Å²) in [5.41, 5.74) is 2.07. The summed E-state index contributed by atoms with van der Waals surface area (Å²) in [6.45, 7) is 1.46. The maximum absolute atomic E-state index is 12.7. The number of aromatic hydroxyl groups is 1. The molecular formula is C21H17N5O4. The molecule has 2 aromatic carbocycles. The molecule has 1 heterocycles. The van der Waals surface area contributed by atoms with E-state index < -0.39 is 11.5 Å². The number of carbonyl (C=O) groups excluding carboxylic acids is 1. The molecule has 0 saturated carbocycles. The van der Waals surface area contributed by atoms with E-state index in [4.69, 9.17) is 4.74 Å². The van der Waals surface area contributed by atoms with Crippen molar-refractivity contribution in [3.63, 3.8) is 0 Å². The normalized spacial score (nSPS) is 10.6. The topological polar surface area (TPSA) is 130 Å². The Labute approximate surface area is 171 Å². The van der Waals surface area contributed by atoms with Gasteiger partial charge in [-0.05, 0) is 31.2 Å². The molecule has 1 aromatic heterocycles. The predicted octanol–water partition coefficient (Wildman–Crippen LogP) is 1.89. The number of carbonyl (C=O) groups is 1. The van der Waals surface area contributed by atoms with Gasteiger partial charge in [0.2, 0.25) is 0 Å². The zero-order valence-electron chi connectivity index (χ0n) is 16.2. The minimum absolute atomic E-state index is 0.00120. The third-order valence-corrected chi connectivity index (χ3v) is 4.28. The number of ether oxygens (including phenoxy) is 1. The largest absolute Gasteiger partial charge is 0.507 e. The van der Waals surface area contributed by atoms with Crippen LogP contribution in [0.5, 0.6) is 11.5 Å². The molecule has 3 rings (SSSR count). The summed E-state index contributed by atoms with van der Waals surface area (Å²) >= 11 is 0. The van der Waals surface area contributed by atoms with Gasteiger partial charge >= 0.3 is 0 Å². The molecule has 2 N–H and O–H groups in total. The predicted molar refractivity (Wildman–Crippen MR) is 109 cm³/mol. The molecule has 0 aliphatic heterocycles. The minimum Gasteiger partial charge on any atom is -0.507 e. The molecule has 150 valence electrons. The quantitative estimate of drug-likeness (QED) is 0.494. The number of amides is 1. The lowest BCUT2D eigenvalue weighted by atomic mass is 10.1. The van der Waals surface area contributed by atoms with E-state index in [1.165, 1.54) is 26.3 Å². The average molecular weight is 403 g/mol. The van der Waals surface area contributed by atoms with Gasteiger partial charge in [-0.1, -0.05) is 24.3 Å². The van der Waals surface area contributed by atoms with E-state index in [0.717, 1.165) is 4.68 Å². The number of nitrogens with one attached hydrogen (secondary N) is 1. The van der Waals surface area contributed by atoms with Crippen molar-refractivity contribution in [3.8, 4) is 23.3 Å². The first-order valence-electron chi connectivity index (χ1n) is 8.76. The van der Waals surface area contributed by atoms with Crippen LogP contribution in [-0.4, -0.2) is 34.1 Å². The Bertz CT molecular complexity index is 1240. The van der Waals surface area contributed by atoms with Crippen LogP contribution in [0, 0.1) is 18.3 Å². The summed E-state index contributed by atoms with van der Waals surface area (Å²) in [6.07, 6.45) is 1.27. The van der Waals surface area contributed by atoms with Gasteiger partial charge in [-0.3, -0.25) is 9.59 Å². The number of nitrogens with zero attached hydrogens (tertiary/aromatic N) is 4. The Hall–Kier alpha value is -4.45. The van der Waals surface area contributed by atoms with Crippen LogP contribution in [-0.2, 0) is 0 Å². The van der Waals surface area contributed by atoms with Crippen LogP contribution in [0.4, 0.5) is 0 Å². The molecule has 1 amide bonds. The highest BCUT2D eigenvalue weighted by Gasteiger charge is 2.21. The highest BCUT2D eigenvalue weighted by molar-refractivity contribution is 5.95. The molecule has 0 unspecified atom stereocenters. The van der Waals surface area contributed by atoms with E-state index >= 15 is 0 Å². The Kier molecular flexibility index (Phi) is 5.89. The van der Waals surface area contributed by atoms with Crippen molar-refractivity contribution < 1.29 is 14.6 Å². The molecule has 9 nitrogen and oxygen atoms in total. The van der Waals surface area contributed by atoms with Gasteiger partial charge < -0.3 is 9.84 Å². The first kappa shape index (κ1) is 20.3. The number of hydrogen-bond acceptors (Lipinski definition) is 7. The number of nitriles is 1. The van der Waals surface area contributed by atoms with Gasteiger partial charge in [-0.25, -0.2) is 5.43 Å². The van der Waals surface area contributed by atoms with Gasteiger partial charge in [0.15, 0.2) is 5.69 Å². The molecule has 30 heavy (non-hydrogen) atoms. The van der Waals surface area contributed by atoms with Crippen LogP contribution < -0.4 is 15.7 Å². The number of methoxy groups -OCH3 is 1. The lowest BCUT2D eigenvalue weighted by Gasteiger charge is -2.13. The van der Waals surface area contributed by atoms with Crippen molar-refractivity contribution in [2.75, 3.05) is 7.11 Å². The van der Waals surface area contributed by atoms with Crippen molar-refractivity contribution in [2.24, 2.45) is 5.10 Å². The first-order valence-corrected chi connectivity index (χ1v) is 8.76. The van der Waals surface area contributed by atoms with E-state index in [1.807, 2.05) is 6.07 Å². The van der Waals surface area contributed by atoms with Crippen molar-refractivity contribution >= 4 is 12.1 Å². The third-order valence-electron chi connectivity index (χ3n) is 4.28. The molecule has 0 fully saturated rings. The van der Waals surface area contributed by atoms with Crippen molar-refractivity contribution in [3.05, 3.63) is 81.3 Å². The summed E-state index contributed by atoms with van der Waals surface area (Å²) in [4.78, 5) is 25.4. The maximum atomic E-state index is 12.7. The smallest absolute Gasteiger partial charge is 0.292 e. The number of rotatable bonds is 5. The van der Waals surface area contributed by atoms with Gasteiger partial charge in [0.25, 0.3) is 11.5 Å². The highest BCUT2D eigenvalue weighted by Crippen LogP contribution is 2.21. The van der Waals surface area contributed by atoms with Crippen LogP contribution in [0.2, 0.25) is 0 Å². The zero-order chi connectivity index (χ0) is 21.7. The van der Waals surface area contributed by atoms with E-state index in [9.17, 15) is 20.0 Å². The zero-order valence-corrected chi connectivity index (χ0v) is 16.2. The second kappa shape index (κ2) is 8.70. The van der Waals surface area contributed by atoms with Crippen LogP contribution in [0.3, 0.4) is 0 Å². The summed E-state index contributed by atoms with van der Waals surface area (Å²) in [5, 5.41) is 27.1. The fraction of sp³-hybridized carbons (Fsp3) is 0.0952. The van der Waals surface area contributed by atoms with Crippen LogP contribution in [0.15, 0.2) is 58.4 Å². The Morgan fingerprint density at radius 3 is 2.67 bits per heavy atom. The molecule has 9 heteroatoms. The van der Waals surface area contributed by atoms with Crippen molar-refractivity contribution in [1.82, 2.24) is 15.2 Å². The summed E-state index contributed by atoms with van der Waals surface area (Å²) < 4.78 is 6.20. The van der Waals surface area contributed by atoms with Gasteiger partial charge in [0.1, 0.15) is 28.8 Å². The fourth-order valence-corrected chi connectivity index (χ4v) is 2.73. The van der Waals surface area contributed by atoms with E-state index in [-0.39, 0.29) is 28.3 Å². The number of aromatic nitrogens is 2. The van der Waals surface area contributed by atoms with Crippen molar-refractivity contribution in [2.45, 2.75) is 6.92 Å². The second-order valence-electron chi connectivity index (χ2n) is 6.11. The van der Waals surface area contributed by atoms with Crippen LogP contribution in [0.25, 0.3) is 5.69 Å². The molecule has 0 aliphatic carbocycles. The molecular weight excluding hydrogens is 386 g/mol. The van der Waals surface area contributed by atoms with E-state index in [0.29, 0.717) is 11.3 Å². The molecule has 0 spiro atoms. The number of hydrogen-bond donors (Lipinski definition) is 2. The van der Waals surface area contributed by atoms with Gasteiger partial charge in [0.05, 0.1) is 13.3 Å². The Morgan fingerprint density at radius 2 is 1.97 bits per heavy atom. The Balaban J connectivity index is 2.02. The first-order chi connectivity index (χ1) is 14.5. The van der Waals surface area contributed by atoms with Crippen molar-refractivity contribution in [1.29, 1.82) is 5.26 Å². The van der Waals surface area contributed by atoms with Gasteiger partial charge in [-0.2, -0.15) is 20.1 Å². The summed E-state index contributed by atoms with van der Waals surface area (Å²) in [5.74, 6) is -0.371. The lowest BCUT2D eigenvalue weighted by Crippen LogP contribution is -2.31. The average Bonchev–Trinajstić information content (AvgIpc) is 2.75. The minimum atomic E-state index is -0.723. The number of phenolic OH excluding ortho intramolecular Hbond substituents is 1. The molecule has 0 radical (unpaired) electrons. The number of hydrazone groups is 1.